The Labute approximate surface area is 145 Å². The fourth-order valence-electron chi connectivity index (χ4n) is 2.87. The van der Waals surface area contributed by atoms with Gasteiger partial charge < -0.3 is 10.1 Å². The maximum atomic E-state index is 11.1. The van der Waals surface area contributed by atoms with Gasteiger partial charge >= 0.3 is 0 Å². The minimum absolute atomic E-state index is 0.0474. The summed E-state index contributed by atoms with van der Waals surface area (Å²) < 4.78 is 7.22. The number of nitriles is 1. The van der Waals surface area contributed by atoms with E-state index in [0.29, 0.717) is 35.7 Å². The molecule has 1 amide bonds. The molecule has 0 bridgehead atoms. The first-order valence-electron chi connectivity index (χ1n) is 7.92. The van der Waals surface area contributed by atoms with E-state index in [-0.39, 0.29) is 17.0 Å². The fourth-order valence-corrected chi connectivity index (χ4v) is 2.87. The second-order valence-corrected chi connectivity index (χ2v) is 6.63. The molecular formula is C18H19N5O2. The number of hydrogen-bond donors (Lipinski definition) is 2. The van der Waals surface area contributed by atoms with Gasteiger partial charge in [0.25, 0.3) is 0 Å². The van der Waals surface area contributed by atoms with Crippen LogP contribution < -0.4 is 10.8 Å². The summed E-state index contributed by atoms with van der Waals surface area (Å²) >= 11 is 0. The zero-order chi connectivity index (χ0) is 18.2. The average Bonchev–Trinajstić information content (AvgIpc) is 2.54. The normalized spacial score (nSPS) is 15.1. The Morgan fingerprint density at radius 2 is 2.08 bits per heavy atom. The third-order valence-electron chi connectivity index (χ3n) is 4.07. The quantitative estimate of drug-likeness (QED) is 0.875. The van der Waals surface area contributed by atoms with Gasteiger partial charge in [-0.3, -0.25) is 10.2 Å². The molecule has 2 heterocycles. The number of carbonyl (C=O) groups is 1. The topological polar surface area (TPSA) is 104 Å². The summed E-state index contributed by atoms with van der Waals surface area (Å²) in [6.45, 7) is 5.67. The summed E-state index contributed by atoms with van der Waals surface area (Å²) in [6, 6.07) is 9.11. The highest BCUT2D eigenvalue weighted by molar-refractivity contribution is 5.88. The van der Waals surface area contributed by atoms with E-state index in [9.17, 15) is 10.1 Å². The van der Waals surface area contributed by atoms with Crippen LogP contribution in [0.5, 0.6) is 0 Å². The van der Waals surface area contributed by atoms with Gasteiger partial charge in [-0.2, -0.15) is 10.4 Å². The Kier molecular flexibility index (Phi) is 4.15. The predicted molar refractivity (Wildman–Crippen MR) is 91.0 cm³/mol. The third-order valence-corrected chi connectivity index (χ3v) is 4.07. The van der Waals surface area contributed by atoms with Gasteiger partial charge in [-0.05, 0) is 38.1 Å². The van der Waals surface area contributed by atoms with Crippen molar-refractivity contribution in [3.05, 3.63) is 46.6 Å². The molecule has 128 valence electrons. The van der Waals surface area contributed by atoms with Crippen molar-refractivity contribution in [2.24, 2.45) is 0 Å². The van der Waals surface area contributed by atoms with Crippen LogP contribution in [0.25, 0.3) is 5.69 Å². The Bertz CT molecular complexity index is 936. The smallest absolute Gasteiger partial charge is 0.221 e. The molecule has 3 rings (SSSR count). The van der Waals surface area contributed by atoms with Crippen molar-refractivity contribution < 1.29 is 9.53 Å². The highest BCUT2D eigenvalue weighted by Crippen LogP contribution is 2.27. The van der Waals surface area contributed by atoms with E-state index in [2.05, 4.69) is 16.5 Å². The number of amides is 1. The first-order valence-corrected chi connectivity index (χ1v) is 7.92. The Balaban J connectivity index is 2.08. The number of benzene rings is 1. The number of nitrogens with one attached hydrogen (secondary N) is 2. The van der Waals surface area contributed by atoms with Gasteiger partial charge in [0.1, 0.15) is 11.6 Å². The van der Waals surface area contributed by atoms with Crippen molar-refractivity contribution in [1.82, 2.24) is 9.78 Å². The molecule has 0 atom stereocenters. The van der Waals surface area contributed by atoms with Crippen LogP contribution in [-0.4, -0.2) is 21.3 Å². The molecule has 0 saturated heterocycles. The molecule has 2 N–H and O–H groups in total. The molecule has 7 heteroatoms. The Hall–Kier alpha value is -2.98. The molecule has 0 fully saturated rings. The van der Waals surface area contributed by atoms with Crippen LogP contribution in [0.3, 0.4) is 0 Å². The van der Waals surface area contributed by atoms with Gasteiger partial charge in [-0.15, -0.1) is 0 Å². The molecule has 1 aliphatic heterocycles. The zero-order valence-electron chi connectivity index (χ0n) is 14.4. The van der Waals surface area contributed by atoms with Crippen LogP contribution in [0.15, 0.2) is 24.3 Å². The van der Waals surface area contributed by atoms with E-state index >= 15 is 0 Å². The second-order valence-electron chi connectivity index (χ2n) is 6.63. The van der Waals surface area contributed by atoms with Gasteiger partial charge in [0, 0.05) is 24.6 Å². The first kappa shape index (κ1) is 16.9. The lowest BCUT2D eigenvalue weighted by Gasteiger charge is -2.31. The van der Waals surface area contributed by atoms with Crippen molar-refractivity contribution in [3.63, 3.8) is 0 Å². The van der Waals surface area contributed by atoms with Gasteiger partial charge in [0.15, 0.2) is 5.49 Å². The molecule has 7 nitrogen and oxygen atoms in total. The van der Waals surface area contributed by atoms with Crippen LogP contribution in [0, 0.1) is 16.7 Å². The lowest BCUT2D eigenvalue weighted by molar-refractivity contribution is -0.114. The van der Waals surface area contributed by atoms with Gasteiger partial charge in [0.2, 0.25) is 5.91 Å². The summed E-state index contributed by atoms with van der Waals surface area (Å²) in [5.74, 6) is -0.153. The summed E-state index contributed by atoms with van der Waals surface area (Å²) in [5.41, 5.74) is 2.76. The lowest BCUT2D eigenvalue weighted by atomic mass is 9.92. The highest BCUT2D eigenvalue weighted by atomic mass is 16.5. The summed E-state index contributed by atoms with van der Waals surface area (Å²) in [6.07, 6.45) is 0.548. The molecule has 1 aromatic carbocycles. The van der Waals surface area contributed by atoms with E-state index in [1.807, 2.05) is 13.8 Å². The lowest BCUT2D eigenvalue weighted by Crippen LogP contribution is -2.37. The van der Waals surface area contributed by atoms with Crippen molar-refractivity contribution in [1.29, 1.82) is 10.7 Å². The monoisotopic (exact) mass is 337 g/mol. The summed E-state index contributed by atoms with van der Waals surface area (Å²) in [4.78, 5) is 11.1. The van der Waals surface area contributed by atoms with Crippen molar-refractivity contribution >= 4 is 11.6 Å². The van der Waals surface area contributed by atoms with Crippen molar-refractivity contribution in [2.45, 2.75) is 39.4 Å². The van der Waals surface area contributed by atoms with E-state index in [1.54, 1.807) is 24.3 Å². The number of rotatable bonds is 2. The standard InChI is InChI=1S/C18H19N5O2/c1-11(24)21-12-4-6-13(7-5-12)23-17(20)15(9-19)14-8-18(2,3)25-10-16(14)22-23/h4-7,20H,8,10H2,1-3H3,(H,21,24). The van der Waals surface area contributed by atoms with Gasteiger partial charge in [-0.25, -0.2) is 4.68 Å². The van der Waals surface area contributed by atoms with E-state index in [4.69, 9.17) is 10.1 Å². The van der Waals surface area contributed by atoms with Crippen LogP contribution in [-0.2, 0) is 22.6 Å². The van der Waals surface area contributed by atoms with Crippen LogP contribution in [0.1, 0.15) is 37.6 Å². The van der Waals surface area contributed by atoms with Crippen molar-refractivity contribution in [3.8, 4) is 11.8 Å². The molecule has 0 unspecified atom stereocenters. The minimum atomic E-state index is -0.376. The number of nitrogens with zero attached hydrogens (tertiary/aromatic N) is 3. The molecule has 25 heavy (non-hydrogen) atoms. The number of aromatic nitrogens is 2. The van der Waals surface area contributed by atoms with Crippen LogP contribution in [0.4, 0.5) is 5.69 Å². The molecule has 0 saturated carbocycles. The van der Waals surface area contributed by atoms with E-state index < -0.39 is 0 Å². The average molecular weight is 337 g/mol. The maximum Gasteiger partial charge on any atom is 0.221 e. The van der Waals surface area contributed by atoms with Crippen LogP contribution in [0.2, 0.25) is 0 Å². The predicted octanol–water partition coefficient (Wildman–Crippen LogP) is 2.03. The fraction of sp³-hybridized carbons (Fsp3) is 0.333. The molecule has 0 aliphatic carbocycles. The second kappa shape index (κ2) is 6.15. The van der Waals surface area contributed by atoms with E-state index in [0.717, 1.165) is 5.56 Å². The third kappa shape index (κ3) is 3.30. The number of hydrogen-bond acceptors (Lipinski definition) is 5. The Morgan fingerprint density at radius 1 is 1.40 bits per heavy atom. The van der Waals surface area contributed by atoms with Gasteiger partial charge in [0.05, 0.1) is 23.6 Å². The summed E-state index contributed by atoms with van der Waals surface area (Å²) in [5, 5.41) is 25.2. The molecular weight excluding hydrogens is 318 g/mol. The number of carbonyl (C=O) groups excluding carboxylic acids is 1. The SMILES string of the molecule is CC(=O)Nc1ccc(-n2nc3c(c(C#N)c2=N)CC(C)(C)OC3)cc1. The molecule has 1 aliphatic rings. The molecule has 2 aromatic rings. The molecule has 0 radical (unpaired) electrons. The first-order chi connectivity index (χ1) is 11.8. The summed E-state index contributed by atoms with van der Waals surface area (Å²) in [7, 11) is 0. The number of fused-ring (bicyclic) bond motifs is 1. The van der Waals surface area contributed by atoms with Crippen molar-refractivity contribution in [2.75, 3.05) is 5.32 Å². The van der Waals surface area contributed by atoms with E-state index in [1.165, 1.54) is 11.6 Å². The molecule has 1 aromatic heterocycles. The largest absolute Gasteiger partial charge is 0.369 e. The zero-order valence-corrected chi connectivity index (χ0v) is 14.4. The highest BCUT2D eigenvalue weighted by Gasteiger charge is 2.30. The maximum absolute atomic E-state index is 11.1. The minimum Gasteiger partial charge on any atom is -0.369 e. The molecule has 0 spiro atoms. The Morgan fingerprint density at radius 3 is 2.68 bits per heavy atom. The van der Waals surface area contributed by atoms with Gasteiger partial charge in [-0.1, -0.05) is 0 Å². The number of anilines is 1. The number of ether oxygens (including phenoxy) is 1. The van der Waals surface area contributed by atoms with Crippen LogP contribution >= 0.6 is 0 Å².